The van der Waals surface area contributed by atoms with Crippen LogP contribution >= 0.6 is 0 Å². The number of phenolic OH excluding ortho intramolecular Hbond substituents is 1. The van der Waals surface area contributed by atoms with Crippen LogP contribution in [-0.2, 0) is 4.79 Å². The fourth-order valence-electron chi connectivity index (χ4n) is 1.20. The first-order valence-corrected chi connectivity index (χ1v) is 4.58. The van der Waals surface area contributed by atoms with Gasteiger partial charge < -0.3 is 10.4 Å². The molecule has 78 valence electrons. The number of amides is 1. The van der Waals surface area contributed by atoms with Gasteiger partial charge in [0.25, 0.3) is 5.91 Å². The zero-order valence-electron chi connectivity index (χ0n) is 9.01. The summed E-state index contributed by atoms with van der Waals surface area (Å²) >= 11 is 0. The smallest absolute Gasteiger partial charge is 0.300 e. The van der Waals surface area contributed by atoms with Gasteiger partial charge in [0.05, 0.1) is 0 Å². The Kier molecular flexibility index (Phi) is 3.35. The van der Waals surface area contributed by atoms with E-state index < -0.39 is 0 Å². The van der Waals surface area contributed by atoms with Gasteiger partial charge in [0, 0.05) is 5.69 Å². The van der Waals surface area contributed by atoms with Gasteiger partial charge in [0.15, 0.2) is 0 Å². The maximum Gasteiger partial charge on any atom is 0.300 e. The van der Waals surface area contributed by atoms with Crippen molar-refractivity contribution < 1.29 is 9.90 Å². The van der Waals surface area contributed by atoms with E-state index in [1.54, 1.807) is 26.0 Å². The lowest BCUT2D eigenvalue weighted by Crippen LogP contribution is -2.09. The number of carbonyl (C=O) groups is 1. The number of phenols is 1. The molecule has 0 heterocycles. The molecule has 0 aliphatic carbocycles. The summed E-state index contributed by atoms with van der Waals surface area (Å²) in [6.45, 7) is 5.19. The maximum atomic E-state index is 11.2. The first kappa shape index (κ1) is 11.1. The second kappa shape index (κ2) is 4.52. The minimum absolute atomic E-state index is 0.229. The first-order valence-electron chi connectivity index (χ1n) is 4.58. The monoisotopic (exact) mass is 203 g/mol. The Hall–Kier alpha value is -1.95. The summed E-state index contributed by atoms with van der Waals surface area (Å²) in [6.07, 6.45) is 0. The molecule has 0 saturated heterocycles. The SMILES string of the molecule is CC#CC(=O)Nc1cc(C)c(O)cc1C. The fourth-order valence-corrected chi connectivity index (χ4v) is 1.20. The van der Waals surface area contributed by atoms with Crippen LogP contribution < -0.4 is 5.32 Å². The molecule has 1 amide bonds. The van der Waals surface area contributed by atoms with Gasteiger partial charge in [-0.25, -0.2) is 0 Å². The van der Waals surface area contributed by atoms with E-state index in [1.807, 2.05) is 6.92 Å². The summed E-state index contributed by atoms with van der Waals surface area (Å²) in [5.41, 5.74) is 2.21. The van der Waals surface area contributed by atoms with Crippen molar-refractivity contribution in [2.75, 3.05) is 5.32 Å². The van der Waals surface area contributed by atoms with Crippen LogP contribution in [-0.4, -0.2) is 11.0 Å². The summed E-state index contributed by atoms with van der Waals surface area (Å²) in [6, 6.07) is 3.34. The highest BCUT2D eigenvalue weighted by atomic mass is 16.3. The molecule has 0 saturated carbocycles. The van der Waals surface area contributed by atoms with Crippen LogP contribution in [0.1, 0.15) is 18.1 Å². The lowest BCUT2D eigenvalue weighted by Gasteiger charge is -2.08. The van der Waals surface area contributed by atoms with Crippen LogP contribution in [0.5, 0.6) is 5.75 Å². The average molecular weight is 203 g/mol. The Labute approximate surface area is 89.1 Å². The van der Waals surface area contributed by atoms with Crippen LogP contribution in [0.25, 0.3) is 0 Å². The molecule has 0 aromatic heterocycles. The average Bonchev–Trinajstić information content (AvgIpc) is 2.14. The van der Waals surface area contributed by atoms with E-state index in [0.29, 0.717) is 5.69 Å². The molecule has 0 fully saturated rings. The molecule has 3 heteroatoms. The minimum Gasteiger partial charge on any atom is -0.508 e. The highest BCUT2D eigenvalue weighted by molar-refractivity contribution is 6.04. The van der Waals surface area contributed by atoms with Gasteiger partial charge in [-0.05, 0) is 50.0 Å². The molecule has 0 aliphatic rings. The largest absolute Gasteiger partial charge is 0.508 e. The van der Waals surface area contributed by atoms with Gasteiger partial charge in [-0.1, -0.05) is 5.92 Å². The van der Waals surface area contributed by atoms with Crippen molar-refractivity contribution in [2.45, 2.75) is 20.8 Å². The molecule has 0 radical (unpaired) electrons. The molecule has 2 N–H and O–H groups in total. The molecule has 3 nitrogen and oxygen atoms in total. The van der Waals surface area contributed by atoms with Crippen molar-refractivity contribution in [2.24, 2.45) is 0 Å². The van der Waals surface area contributed by atoms with Crippen molar-refractivity contribution in [3.8, 4) is 17.6 Å². The third kappa shape index (κ3) is 2.75. The van der Waals surface area contributed by atoms with Crippen LogP contribution in [0.15, 0.2) is 12.1 Å². The van der Waals surface area contributed by atoms with E-state index >= 15 is 0 Å². The third-order valence-electron chi connectivity index (χ3n) is 2.03. The summed E-state index contributed by atoms with van der Waals surface area (Å²) in [5, 5.41) is 12.1. The van der Waals surface area contributed by atoms with Gasteiger partial charge >= 0.3 is 0 Å². The Balaban J connectivity index is 2.99. The van der Waals surface area contributed by atoms with E-state index in [0.717, 1.165) is 11.1 Å². The standard InChI is InChI=1S/C12H13NO2/c1-4-5-12(15)13-10-6-9(3)11(14)7-8(10)2/h6-7,14H,1-3H3,(H,13,15). The van der Waals surface area contributed by atoms with E-state index in [-0.39, 0.29) is 11.7 Å². The van der Waals surface area contributed by atoms with Gasteiger partial charge in [-0.3, -0.25) is 4.79 Å². The molecular weight excluding hydrogens is 190 g/mol. The maximum absolute atomic E-state index is 11.2. The number of aryl methyl sites for hydroxylation is 2. The van der Waals surface area contributed by atoms with Crippen molar-refractivity contribution in [3.63, 3.8) is 0 Å². The molecule has 1 aromatic rings. The van der Waals surface area contributed by atoms with Crippen molar-refractivity contribution in [1.29, 1.82) is 0 Å². The molecule has 0 atom stereocenters. The number of nitrogens with one attached hydrogen (secondary N) is 1. The molecule has 15 heavy (non-hydrogen) atoms. The summed E-state index contributed by atoms with van der Waals surface area (Å²) in [7, 11) is 0. The third-order valence-corrected chi connectivity index (χ3v) is 2.03. The predicted octanol–water partition coefficient (Wildman–Crippen LogP) is 1.97. The number of benzene rings is 1. The summed E-state index contributed by atoms with van der Waals surface area (Å²) < 4.78 is 0. The van der Waals surface area contributed by atoms with Crippen LogP contribution in [0.2, 0.25) is 0 Å². The Morgan fingerprint density at radius 1 is 1.33 bits per heavy atom. The van der Waals surface area contributed by atoms with Gasteiger partial charge in [0.2, 0.25) is 0 Å². The number of hydrogen-bond donors (Lipinski definition) is 2. The van der Waals surface area contributed by atoms with E-state index in [2.05, 4.69) is 17.2 Å². The predicted molar refractivity (Wildman–Crippen MR) is 59.7 cm³/mol. The second-order valence-corrected chi connectivity index (χ2v) is 3.28. The van der Waals surface area contributed by atoms with Crippen LogP contribution in [0, 0.1) is 25.7 Å². The fraction of sp³-hybridized carbons (Fsp3) is 0.250. The van der Waals surface area contributed by atoms with Crippen molar-refractivity contribution in [1.82, 2.24) is 0 Å². The zero-order chi connectivity index (χ0) is 11.4. The van der Waals surface area contributed by atoms with Crippen molar-refractivity contribution >= 4 is 11.6 Å². The summed E-state index contributed by atoms with van der Waals surface area (Å²) in [4.78, 5) is 11.2. The molecule has 0 aliphatic heterocycles. The highest BCUT2D eigenvalue weighted by Crippen LogP contribution is 2.24. The number of carbonyl (C=O) groups excluding carboxylic acids is 1. The Morgan fingerprint density at radius 3 is 2.60 bits per heavy atom. The molecule has 1 rings (SSSR count). The normalized spacial score (nSPS) is 9.00. The van der Waals surface area contributed by atoms with Gasteiger partial charge in [-0.15, -0.1) is 0 Å². The van der Waals surface area contributed by atoms with Gasteiger partial charge in [0.1, 0.15) is 5.75 Å². The molecular formula is C12H13NO2. The summed E-state index contributed by atoms with van der Waals surface area (Å²) in [5.74, 6) is 4.80. The minimum atomic E-state index is -0.342. The Bertz CT molecular complexity index is 453. The lowest BCUT2D eigenvalue weighted by molar-refractivity contribution is -0.111. The zero-order valence-corrected chi connectivity index (χ0v) is 9.01. The number of anilines is 1. The first-order chi connectivity index (χ1) is 7.04. The Morgan fingerprint density at radius 2 is 2.00 bits per heavy atom. The van der Waals surface area contributed by atoms with Gasteiger partial charge in [-0.2, -0.15) is 0 Å². The van der Waals surface area contributed by atoms with E-state index in [4.69, 9.17) is 0 Å². The molecule has 0 spiro atoms. The lowest BCUT2D eigenvalue weighted by atomic mass is 10.1. The van der Waals surface area contributed by atoms with Crippen LogP contribution in [0.4, 0.5) is 5.69 Å². The molecule has 0 bridgehead atoms. The number of aromatic hydroxyl groups is 1. The second-order valence-electron chi connectivity index (χ2n) is 3.28. The van der Waals surface area contributed by atoms with Crippen LogP contribution in [0.3, 0.4) is 0 Å². The topological polar surface area (TPSA) is 49.3 Å². The van der Waals surface area contributed by atoms with E-state index in [1.165, 1.54) is 0 Å². The molecule has 0 unspecified atom stereocenters. The molecule has 1 aromatic carbocycles. The quantitative estimate of drug-likeness (QED) is 0.541. The number of rotatable bonds is 1. The van der Waals surface area contributed by atoms with Crippen molar-refractivity contribution in [3.05, 3.63) is 23.3 Å². The highest BCUT2D eigenvalue weighted by Gasteiger charge is 2.05. The number of hydrogen-bond acceptors (Lipinski definition) is 2. The van der Waals surface area contributed by atoms with E-state index in [9.17, 15) is 9.90 Å².